The Kier molecular flexibility index (Phi) is 4.55. The molecule has 0 aliphatic heterocycles. The molecule has 2 atom stereocenters. The fraction of sp³-hybridized carbons (Fsp3) is 0.462. The third-order valence-electron chi connectivity index (χ3n) is 3.04. The zero-order chi connectivity index (χ0) is 12.8. The molecule has 1 aliphatic rings. The predicted molar refractivity (Wildman–Crippen MR) is 72.2 cm³/mol. The van der Waals surface area contributed by atoms with E-state index in [1.54, 1.807) is 7.11 Å². The van der Waals surface area contributed by atoms with Crippen LogP contribution >= 0.6 is 0 Å². The van der Waals surface area contributed by atoms with Gasteiger partial charge in [0.25, 0.3) is 0 Å². The molecule has 0 bridgehead atoms. The van der Waals surface area contributed by atoms with Crippen LogP contribution in [0.5, 0.6) is 0 Å². The highest BCUT2D eigenvalue weighted by molar-refractivity contribution is 5.80. The van der Waals surface area contributed by atoms with Crippen LogP contribution in [0, 0.1) is 0 Å². The van der Waals surface area contributed by atoms with Crippen LogP contribution in [0.25, 0.3) is 0 Å². The van der Waals surface area contributed by atoms with Gasteiger partial charge in [0.2, 0.25) is 5.96 Å². The zero-order valence-electron chi connectivity index (χ0n) is 10.6. The van der Waals surface area contributed by atoms with Gasteiger partial charge in [-0.05, 0) is 12.0 Å². The normalized spacial score (nSPS) is 22.7. The van der Waals surface area contributed by atoms with E-state index in [1.165, 1.54) is 5.56 Å². The number of nitrogens with one attached hydrogen (secondary N) is 2. The summed E-state index contributed by atoms with van der Waals surface area (Å²) in [5.41, 5.74) is 3.95. The van der Waals surface area contributed by atoms with Gasteiger partial charge < -0.3 is 10.1 Å². The first kappa shape index (κ1) is 12.9. The molecule has 2 unspecified atom stereocenters. The molecule has 1 aromatic carbocycles. The van der Waals surface area contributed by atoms with Crippen LogP contribution in [-0.4, -0.2) is 32.3 Å². The molecule has 0 aromatic heterocycles. The van der Waals surface area contributed by atoms with Crippen LogP contribution < -0.4 is 16.6 Å². The molecule has 2 rings (SSSR count). The van der Waals surface area contributed by atoms with Crippen molar-refractivity contribution in [3.05, 3.63) is 35.9 Å². The zero-order valence-corrected chi connectivity index (χ0v) is 10.6. The van der Waals surface area contributed by atoms with Gasteiger partial charge in [0.1, 0.15) is 0 Å². The molecular formula is C13H20N4O. The van der Waals surface area contributed by atoms with Crippen molar-refractivity contribution in [1.82, 2.24) is 10.7 Å². The topological polar surface area (TPSA) is 71.7 Å². The fourth-order valence-electron chi connectivity index (χ4n) is 1.98. The molecule has 5 heteroatoms. The molecule has 1 fully saturated rings. The summed E-state index contributed by atoms with van der Waals surface area (Å²) < 4.78 is 4.94. The van der Waals surface area contributed by atoms with Gasteiger partial charge in [-0.1, -0.05) is 30.3 Å². The van der Waals surface area contributed by atoms with Gasteiger partial charge in [-0.2, -0.15) is 0 Å². The summed E-state index contributed by atoms with van der Waals surface area (Å²) in [5.74, 6) is 6.63. The average Bonchev–Trinajstić information content (AvgIpc) is 3.18. The molecule has 0 amide bonds. The molecule has 0 radical (unpaired) electrons. The molecule has 1 aromatic rings. The minimum absolute atomic E-state index is 0.421. The van der Waals surface area contributed by atoms with Gasteiger partial charge in [0.15, 0.2) is 0 Å². The van der Waals surface area contributed by atoms with Crippen LogP contribution in [0.4, 0.5) is 0 Å². The third-order valence-corrected chi connectivity index (χ3v) is 3.04. The van der Waals surface area contributed by atoms with Crippen LogP contribution in [0.3, 0.4) is 0 Å². The second-order valence-corrected chi connectivity index (χ2v) is 4.37. The van der Waals surface area contributed by atoms with E-state index in [2.05, 4.69) is 40.0 Å². The number of rotatable bonds is 5. The Labute approximate surface area is 107 Å². The minimum Gasteiger partial charge on any atom is -0.383 e. The molecule has 18 heavy (non-hydrogen) atoms. The molecule has 1 aliphatic carbocycles. The second-order valence-electron chi connectivity index (χ2n) is 4.37. The Bertz CT molecular complexity index is 393. The highest BCUT2D eigenvalue weighted by atomic mass is 16.5. The van der Waals surface area contributed by atoms with E-state index in [-0.39, 0.29) is 0 Å². The Balaban J connectivity index is 1.83. The van der Waals surface area contributed by atoms with Gasteiger partial charge in [-0.3, -0.25) is 5.43 Å². The molecule has 1 saturated carbocycles. The van der Waals surface area contributed by atoms with Crippen molar-refractivity contribution in [1.29, 1.82) is 0 Å². The number of aliphatic imine (C=N–C) groups is 1. The lowest BCUT2D eigenvalue weighted by molar-refractivity contribution is 0.208. The van der Waals surface area contributed by atoms with E-state index in [0.29, 0.717) is 31.1 Å². The van der Waals surface area contributed by atoms with Gasteiger partial charge in [0, 0.05) is 19.1 Å². The van der Waals surface area contributed by atoms with Crippen LogP contribution in [0.2, 0.25) is 0 Å². The highest BCUT2D eigenvalue weighted by Crippen LogP contribution is 2.40. The van der Waals surface area contributed by atoms with Crippen molar-refractivity contribution in [2.45, 2.75) is 18.4 Å². The first-order valence-electron chi connectivity index (χ1n) is 6.16. The Morgan fingerprint density at radius 1 is 1.44 bits per heavy atom. The summed E-state index contributed by atoms with van der Waals surface area (Å²) in [6.07, 6.45) is 1.12. The van der Waals surface area contributed by atoms with Gasteiger partial charge in [0.05, 0.1) is 13.2 Å². The number of guanidine groups is 1. The fourth-order valence-corrected chi connectivity index (χ4v) is 1.98. The largest absolute Gasteiger partial charge is 0.383 e. The number of hydrogen-bond acceptors (Lipinski definition) is 3. The lowest BCUT2D eigenvalue weighted by Crippen LogP contribution is -2.43. The highest BCUT2D eigenvalue weighted by Gasteiger charge is 2.38. The average molecular weight is 248 g/mol. The first-order chi connectivity index (χ1) is 8.85. The van der Waals surface area contributed by atoms with E-state index in [9.17, 15) is 0 Å². The third kappa shape index (κ3) is 3.45. The second kappa shape index (κ2) is 6.37. The maximum absolute atomic E-state index is 5.43. The summed E-state index contributed by atoms with van der Waals surface area (Å²) >= 11 is 0. The van der Waals surface area contributed by atoms with Crippen molar-refractivity contribution < 1.29 is 4.74 Å². The Hall–Kier alpha value is -1.59. The van der Waals surface area contributed by atoms with E-state index in [4.69, 9.17) is 10.6 Å². The quantitative estimate of drug-likeness (QED) is 0.234. The molecule has 98 valence electrons. The van der Waals surface area contributed by atoms with Crippen molar-refractivity contribution >= 4 is 5.96 Å². The van der Waals surface area contributed by atoms with Crippen molar-refractivity contribution in [3.63, 3.8) is 0 Å². The van der Waals surface area contributed by atoms with E-state index in [1.807, 2.05) is 6.07 Å². The van der Waals surface area contributed by atoms with Crippen LogP contribution in [-0.2, 0) is 4.74 Å². The summed E-state index contributed by atoms with van der Waals surface area (Å²) in [5, 5.41) is 3.31. The SMILES string of the molecule is COCCN=C(NN)NC1CC1c1ccccc1. The maximum Gasteiger partial charge on any atom is 0.206 e. The number of hydrazine groups is 1. The molecule has 5 nitrogen and oxygen atoms in total. The maximum atomic E-state index is 5.43. The van der Waals surface area contributed by atoms with Crippen molar-refractivity contribution in [2.24, 2.45) is 10.8 Å². The standard InChI is InChI=1S/C13H20N4O/c1-18-8-7-15-13(17-14)16-12-9-11(12)10-5-3-2-4-6-10/h2-6,11-12H,7-9,14H2,1H3,(H2,15,16,17). The number of nitrogens with zero attached hydrogens (tertiary/aromatic N) is 1. The molecule has 4 N–H and O–H groups in total. The minimum atomic E-state index is 0.421. The Morgan fingerprint density at radius 2 is 2.22 bits per heavy atom. The monoisotopic (exact) mass is 248 g/mol. The number of ether oxygens (including phenoxy) is 1. The van der Waals surface area contributed by atoms with Gasteiger partial charge in [-0.15, -0.1) is 0 Å². The van der Waals surface area contributed by atoms with Crippen molar-refractivity contribution in [2.75, 3.05) is 20.3 Å². The lowest BCUT2D eigenvalue weighted by atomic mass is 10.1. The summed E-state index contributed by atoms with van der Waals surface area (Å²) in [6, 6.07) is 10.9. The summed E-state index contributed by atoms with van der Waals surface area (Å²) in [6.45, 7) is 1.20. The van der Waals surface area contributed by atoms with E-state index in [0.717, 1.165) is 6.42 Å². The molecule has 0 saturated heterocycles. The summed E-state index contributed by atoms with van der Waals surface area (Å²) in [7, 11) is 1.66. The number of nitrogens with two attached hydrogens (primary N) is 1. The number of methoxy groups -OCH3 is 1. The Morgan fingerprint density at radius 3 is 2.89 bits per heavy atom. The smallest absolute Gasteiger partial charge is 0.206 e. The number of benzene rings is 1. The molecular weight excluding hydrogens is 228 g/mol. The first-order valence-corrected chi connectivity index (χ1v) is 6.16. The van der Waals surface area contributed by atoms with Crippen LogP contribution in [0.1, 0.15) is 17.9 Å². The predicted octanol–water partition coefficient (Wildman–Crippen LogP) is 0.598. The molecule has 0 spiro atoms. The van der Waals surface area contributed by atoms with E-state index >= 15 is 0 Å². The van der Waals surface area contributed by atoms with Gasteiger partial charge >= 0.3 is 0 Å². The van der Waals surface area contributed by atoms with Crippen LogP contribution in [0.15, 0.2) is 35.3 Å². The molecule has 0 heterocycles. The van der Waals surface area contributed by atoms with Gasteiger partial charge in [-0.25, -0.2) is 10.8 Å². The van der Waals surface area contributed by atoms with Crippen molar-refractivity contribution in [3.8, 4) is 0 Å². The number of hydrogen-bond donors (Lipinski definition) is 3. The van der Waals surface area contributed by atoms with E-state index < -0.39 is 0 Å². The summed E-state index contributed by atoms with van der Waals surface area (Å²) in [4.78, 5) is 4.28. The lowest BCUT2D eigenvalue weighted by Gasteiger charge is -2.08.